The first kappa shape index (κ1) is 15.2. The van der Waals surface area contributed by atoms with Gasteiger partial charge >= 0.3 is 6.03 Å². The smallest absolute Gasteiger partial charge is 0.307 e. The maximum atomic E-state index is 12.0. The second-order valence-corrected chi connectivity index (χ2v) is 5.41. The third-order valence-electron chi connectivity index (χ3n) is 3.76. The second-order valence-electron chi connectivity index (χ2n) is 5.41. The highest BCUT2D eigenvalue weighted by Crippen LogP contribution is 2.20. The van der Waals surface area contributed by atoms with Gasteiger partial charge in [-0.3, -0.25) is 15.5 Å². The molecule has 7 heteroatoms. The molecule has 1 aliphatic heterocycles. The number of nitrogens with zero attached hydrogens (tertiary/aromatic N) is 2. The Morgan fingerprint density at radius 1 is 1.24 bits per heavy atom. The van der Waals surface area contributed by atoms with E-state index in [2.05, 4.69) is 24.6 Å². The fourth-order valence-electron chi connectivity index (χ4n) is 2.58. The number of urea groups is 1. The number of non-ortho nitro benzene ring substituents is 1. The van der Waals surface area contributed by atoms with Crippen LogP contribution in [-0.2, 0) is 0 Å². The molecule has 1 aromatic rings. The fourth-order valence-corrected chi connectivity index (χ4v) is 2.58. The molecule has 1 saturated heterocycles. The van der Waals surface area contributed by atoms with Gasteiger partial charge in [-0.15, -0.1) is 0 Å². The molecule has 2 atom stereocenters. The third-order valence-corrected chi connectivity index (χ3v) is 3.76. The number of hydrogen-bond donors (Lipinski definition) is 2. The van der Waals surface area contributed by atoms with Gasteiger partial charge in [-0.05, 0) is 38.8 Å². The predicted octanol–water partition coefficient (Wildman–Crippen LogP) is 2.89. The summed E-state index contributed by atoms with van der Waals surface area (Å²) in [5.41, 5.74) is 3.38. The van der Waals surface area contributed by atoms with Crippen LogP contribution < -0.4 is 10.7 Å². The van der Waals surface area contributed by atoms with Gasteiger partial charge in [-0.2, -0.15) is 0 Å². The van der Waals surface area contributed by atoms with Crippen LogP contribution in [0.25, 0.3) is 0 Å². The number of anilines is 1. The lowest BCUT2D eigenvalue weighted by molar-refractivity contribution is -0.384. The first-order chi connectivity index (χ1) is 9.97. The Morgan fingerprint density at radius 2 is 1.81 bits per heavy atom. The van der Waals surface area contributed by atoms with Gasteiger partial charge in [0.25, 0.3) is 5.69 Å². The summed E-state index contributed by atoms with van der Waals surface area (Å²) in [6, 6.07) is 6.03. The van der Waals surface area contributed by atoms with Gasteiger partial charge in [-0.1, -0.05) is 6.42 Å². The molecule has 2 rings (SSSR count). The van der Waals surface area contributed by atoms with Crippen LogP contribution in [0.1, 0.15) is 33.1 Å². The maximum absolute atomic E-state index is 12.0. The fraction of sp³-hybridized carbons (Fsp3) is 0.500. The molecule has 0 radical (unpaired) electrons. The quantitative estimate of drug-likeness (QED) is 0.662. The van der Waals surface area contributed by atoms with Crippen LogP contribution in [0.5, 0.6) is 0 Å². The zero-order chi connectivity index (χ0) is 15.4. The van der Waals surface area contributed by atoms with Crippen molar-refractivity contribution in [3.05, 3.63) is 34.4 Å². The number of piperidine rings is 1. The normalized spacial score (nSPS) is 22.6. The van der Waals surface area contributed by atoms with E-state index in [1.54, 1.807) is 0 Å². The minimum absolute atomic E-state index is 0.000710. The summed E-state index contributed by atoms with van der Waals surface area (Å²) in [4.78, 5) is 22.1. The molecule has 114 valence electrons. The van der Waals surface area contributed by atoms with Crippen LogP contribution in [0.2, 0.25) is 0 Å². The van der Waals surface area contributed by atoms with Gasteiger partial charge in [0.1, 0.15) is 0 Å². The van der Waals surface area contributed by atoms with E-state index in [4.69, 9.17) is 0 Å². The Labute approximate surface area is 123 Å². The number of nitro benzene ring substituents is 1. The minimum Gasteiger partial charge on any atom is -0.307 e. The van der Waals surface area contributed by atoms with E-state index in [0.29, 0.717) is 17.8 Å². The standard InChI is InChI=1S/C14H20N4O3/c1-10-4-3-5-11(2)17(10)16-14(19)15-12-6-8-13(9-7-12)18(20)21/h6-11H,3-5H2,1-2H3,(H2,15,16,19)/t10-,11-/m0/s1. The van der Waals surface area contributed by atoms with Crippen molar-refractivity contribution in [3.8, 4) is 0 Å². The predicted molar refractivity (Wildman–Crippen MR) is 79.9 cm³/mol. The van der Waals surface area contributed by atoms with Gasteiger partial charge in [-0.25, -0.2) is 9.80 Å². The number of hydrazine groups is 1. The van der Waals surface area contributed by atoms with E-state index in [-0.39, 0.29) is 11.7 Å². The molecule has 1 aromatic carbocycles. The van der Waals surface area contributed by atoms with Crippen LogP contribution in [-0.4, -0.2) is 28.0 Å². The summed E-state index contributed by atoms with van der Waals surface area (Å²) in [7, 11) is 0. The van der Waals surface area contributed by atoms with Gasteiger partial charge in [0, 0.05) is 29.9 Å². The number of carbonyl (C=O) groups is 1. The number of nitrogens with one attached hydrogen (secondary N) is 2. The molecular formula is C14H20N4O3. The highest BCUT2D eigenvalue weighted by molar-refractivity contribution is 5.89. The van der Waals surface area contributed by atoms with E-state index < -0.39 is 4.92 Å². The van der Waals surface area contributed by atoms with Crippen molar-refractivity contribution in [2.75, 3.05) is 5.32 Å². The van der Waals surface area contributed by atoms with Gasteiger partial charge in [0.2, 0.25) is 0 Å². The van der Waals surface area contributed by atoms with Crippen molar-refractivity contribution in [2.45, 2.75) is 45.2 Å². The van der Waals surface area contributed by atoms with Crippen molar-refractivity contribution in [3.63, 3.8) is 0 Å². The molecule has 7 nitrogen and oxygen atoms in total. The largest absolute Gasteiger partial charge is 0.333 e. The lowest BCUT2D eigenvalue weighted by Gasteiger charge is -2.38. The summed E-state index contributed by atoms with van der Waals surface area (Å²) in [5, 5.41) is 15.2. The van der Waals surface area contributed by atoms with E-state index in [1.165, 1.54) is 30.7 Å². The number of hydrogen-bond acceptors (Lipinski definition) is 4. The molecule has 0 aliphatic carbocycles. The lowest BCUT2D eigenvalue weighted by atomic mass is 10.00. The summed E-state index contributed by atoms with van der Waals surface area (Å²) in [6.45, 7) is 4.17. The number of benzene rings is 1. The number of rotatable bonds is 3. The molecule has 2 amide bonds. The van der Waals surface area contributed by atoms with Crippen molar-refractivity contribution >= 4 is 17.4 Å². The number of nitro groups is 1. The Hall–Kier alpha value is -2.15. The molecule has 0 aromatic heterocycles. The van der Waals surface area contributed by atoms with Crippen molar-refractivity contribution < 1.29 is 9.72 Å². The molecule has 0 saturated carbocycles. The Bertz CT molecular complexity index is 507. The molecule has 0 bridgehead atoms. The highest BCUT2D eigenvalue weighted by Gasteiger charge is 2.26. The highest BCUT2D eigenvalue weighted by atomic mass is 16.6. The minimum atomic E-state index is -0.471. The first-order valence-electron chi connectivity index (χ1n) is 7.08. The molecule has 2 N–H and O–H groups in total. The number of amides is 2. The van der Waals surface area contributed by atoms with Crippen LogP contribution >= 0.6 is 0 Å². The first-order valence-corrected chi connectivity index (χ1v) is 7.08. The van der Waals surface area contributed by atoms with E-state index in [0.717, 1.165) is 12.8 Å². The van der Waals surface area contributed by atoms with Gasteiger partial charge in [0.15, 0.2) is 0 Å². The maximum Gasteiger partial charge on any atom is 0.333 e. The van der Waals surface area contributed by atoms with Crippen molar-refractivity contribution in [2.24, 2.45) is 0 Å². The van der Waals surface area contributed by atoms with E-state index in [1.807, 2.05) is 5.01 Å². The number of carbonyl (C=O) groups excluding carboxylic acids is 1. The summed E-state index contributed by atoms with van der Waals surface area (Å²) < 4.78 is 0. The third kappa shape index (κ3) is 3.91. The Kier molecular flexibility index (Phi) is 4.74. The molecule has 0 unspecified atom stereocenters. The zero-order valence-corrected chi connectivity index (χ0v) is 12.2. The Morgan fingerprint density at radius 3 is 2.33 bits per heavy atom. The average molecular weight is 292 g/mol. The summed E-state index contributed by atoms with van der Waals surface area (Å²) >= 11 is 0. The molecule has 1 fully saturated rings. The summed E-state index contributed by atoms with van der Waals surface area (Å²) in [5.74, 6) is 0. The second kappa shape index (κ2) is 6.53. The van der Waals surface area contributed by atoms with Crippen LogP contribution in [0.4, 0.5) is 16.2 Å². The van der Waals surface area contributed by atoms with Crippen LogP contribution in [0, 0.1) is 10.1 Å². The van der Waals surface area contributed by atoms with Gasteiger partial charge in [0.05, 0.1) is 4.92 Å². The lowest BCUT2D eigenvalue weighted by Crippen LogP contribution is -2.55. The molecule has 0 spiro atoms. The van der Waals surface area contributed by atoms with Crippen LogP contribution in [0.3, 0.4) is 0 Å². The van der Waals surface area contributed by atoms with Gasteiger partial charge < -0.3 is 5.32 Å². The monoisotopic (exact) mass is 292 g/mol. The Balaban J connectivity index is 1.93. The SMILES string of the molecule is C[C@H]1CCC[C@H](C)N1NC(=O)Nc1ccc([N+](=O)[O-])cc1. The molecule has 21 heavy (non-hydrogen) atoms. The average Bonchev–Trinajstić information content (AvgIpc) is 2.43. The molecule has 1 heterocycles. The topological polar surface area (TPSA) is 87.5 Å². The summed E-state index contributed by atoms with van der Waals surface area (Å²) in [6.07, 6.45) is 3.29. The van der Waals surface area contributed by atoms with Crippen molar-refractivity contribution in [1.82, 2.24) is 10.4 Å². The zero-order valence-electron chi connectivity index (χ0n) is 12.2. The van der Waals surface area contributed by atoms with E-state index in [9.17, 15) is 14.9 Å². The van der Waals surface area contributed by atoms with E-state index >= 15 is 0 Å². The molecule has 1 aliphatic rings. The van der Waals surface area contributed by atoms with Crippen LogP contribution in [0.15, 0.2) is 24.3 Å². The van der Waals surface area contributed by atoms with Crippen molar-refractivity contribution in [1.29, 1.82) is 0 Å². The molecular weight excluding hydrogens is 272 g/mol.